The Morgan fingerprint density at radius 2 is 0.935 bits per heavy atom. The van der Waals surface area contributed by atoms with Crippen molar-refractivity contribution in [3.05, 3.63) is 128 Å². The second-order valence-electron chi connectivity index (χ2n) is 14.3. The number of fused-ring (bicyclic) bond motifs is 2. The number of halogens is 2. The average Bonchev–Trinajstić information content (AvgIpc) is 3.60. The van der Waals surface area contributed by atoms with E-state index in [1.807, 2.05) is 0 Å². The summed E-state index contributed by atoms with van der Waals surface area (Å²) in [5.41, 5.74) is 19.0. The van der Waals surface area contributed by atoms with Crippen LogP contribution in [0.1, 0.15) is 91.3 Å². The maximum absolute atomic E-state index is 8.72. The van der Waals surface area contributed by atoms with Crippen LogP contribution in [0.5, 0.6) is 0 Å². The topological polar surface area (TPSA) is 0 Å². The van der Waals surface area contributed by atoms with Crippen molar-refractivity contribution in [3.8, 4) is 22.3 Å². The van der Waals surface area contributed by atoms with Gasteiger partial charge in [-0.05, 0) is 0 Å². The summed E-state index contributed by atoms with van der Waals surface area (Å²) in [5.74, 6) is -1.62. The fourth-order valence-electron chi connectivity index (χ4n) is 8.63. The number of benzene rings is 4. The van der Waals surface area contributed by atoms with Gasteiger partial charge < -0.3 is 0 Å². The van der Waals surface area contributed by atoms with E-state index >= 15 is 0 Å². The Kier molecular flexibility index (Phi) is 9.45. The zero-order valence-electron chi connectivity index (χ0n) is 28.9. The molecule has 0 heterocycles. The molecule has 2 atom stereocenters. The van der Waals surface area contributed by atoms with E-state index in [9.17, 15) is 0 Å². The van der Waals surface area contributed by atoms with Crippen molar-refractivity contribution < 1.29 is 15.6 Å². The van der Waals surface area contributed by atoms with Crippen molar-refractivity contribution in [2.75, 3.05) is 0 Å². The van der Waals surface area contributed by atoms with Gasteiger partial charge in [0.25, 0.3) is 0 Å². The zero-order valence-corrected chi connectivity index (χ0v) is 34.0. The number of rotatable bonds is 9. The van der Waals surface area contributed by atoms with Crippen LogP contribution in [-0.2, 0) is 15.6 Å². The van der Waals surface area contributed by atoms with E-state index in [2.05, 4.69) is 140 Å². The Morgan fingerprint density at radius 3 is 1.30 bits per heavy atom. The summed E-state index contributed by atoms with van der Waals surface area (Å²) >= 11 is -4.82. The van der Waals surface area contributed by atoms with Gasteiger partial charge in [0.1, 0.15) is 0 Å². The summed E-state index contributed by atoms with van der Waals surface area (Å²) in [4.78, 5) is 0. The van der Waals surface area contributed by atoms with Gasteiger partial charge >= 0.3 is 289 Å². The van der Waals surface area contributed by atoms with Crippen molar-refractivity contribution in [1.82, 2.24) is 0 Å². The third-order valence-electron chi connectivity index (χ3n) is 11.4. The third-order valence-corrected chi connectivity index (χ3v) is 63.2. The summed E-state index contributed by atoms with van der Waals surface area (Å²) in [6, 6.07) is 27.3. The van der Waals surface area contributed by atoms with Gasteiger partial charge in [-0.2, -0.15) is 0 Å². The molecule has 2 aliphatic carbocycles. The number of hydrogen-bond donors (Lipinski definition) is 0. The molecular formula is C42H49Cl2SiZr. The average molecular weight is 744 g/mol. The normalized spacial score (nSPS) is 18.2. The van der Waals surface area contributed by atoms with Crippen molar-refractivity contribution in [3.63, 3.8) is 0 Å². The van der Waals surface area contributed by atoms with E-state index in [4.69, 9.17) is 17.0 Å². The van der Waals surface area contributed by atoms with Gasteiger partial charge in [0.05, 0.1) is 0 Å². The second kappa shape index (κ2) is 12.8. The Hall–Kier alpha value is -1.96. The van der Waals surface area contributed by atoms with Crippen LogP contribution >= 0.6 is 17.0 Å². The predicted octanol–water partition coefficient (Wildman–Crippen LogP) is 13.4. The van der Waals surface area contributed by atoms with Gasteiger partial charge in [0.15, 0.2) is 0 Å². The monoisotopic (exact) mass is 741 g/mol. The zero-order chi connectivity index (χ0) is 33.0. The van der Waals surface area contributed by atoms with E-state index in [1.54, 1.807) is 0 Å². The molecule has 4 aromatic carbocycles. The quantitative estimate of drug-likeness (QED) is 0.150. The van der Waals surface area contributed by atoms with E-state index in [0.29, 0.717) is 0 Å². The minimum atomic E-state index is -4.82. The number of hydrogen-bond acceptors (Lipinski definition) is 0. The molecule has 46 heavy (non-hydrogen) atoms. The SMILES string of the molecule is CCCC1=Cc2c(-c3cccc(C)c3C)cccc2[CH]1[Zr]([Cl])([Cl])([CH]1C(CCC)=Cc2c(-c3cccc(C)c3C)cccc21)[SiH](C)C. The van der Waals surface area contributed by atoms with Crippen molar-refractivity contribution in [1.29, 1.82) is 0 Å². The molecule has 2 unspecified atom stereocenters. The van der Waals surface area contributed by atoms with Crippen molar-refractivity contribution in [2.45, 2.75) is 87.6 Å². The first-order valence-electron chi connectivity index (χ1n) is 17.3. The molecule has 0 aromatic heterocycles. The van der Waals surface area contributed by atoms with Crippen LogP contribution in [0.15, 0.2) is 83.9 Å². The fraction of sp³-hybridized carbons (Fsp3) is 0.333. The maximum atomic E-state index is 8.72. The molecule has 239 valence electrons. The van der Waals surface area contributed by atoms with Gasteiger partial charge in [0.2, 0.25) is 0 Å². The van der Waals surface area contributed by atoms with Crippen LogP contribution in [0.4, 0.5) is 0 Å². The Balaban J connectivity index is 1.62. The molecule has 0 nitrogen and oxygen atoms in total. The molecule has 0 bridgehead atoms. The number of aryl methyl sites for hydroxylation is 2. The summed E-state index contributed by atoms with van der Waals surface area (Å²) in [5, 5.41) is 0. The molecular weight excluding hydrogens is 695 g/mol. The van der Waals surface area contributed by atoms with E-state index in [-0.39, 0.29) is 7.25 Å². The molecule has 0 aliphatic heterocycles. The van der Waals surface area contributed by atoms with E-state index in [0.717, 1.165) is 25.7 Å². The van der Waals surface area contributed by atoms with Crippen LogP contribution in [0.2, 0.25) is 13.1 Å². The van der Waals surface area contributed by atoms with Gasteiger partial charge in [-0.3, -0.25) is 0 Å². The van der Waals surface area contributed by atoms with Crippen LogP contribution in [0, 0.1) is 27.7 Å². The minimum absolute atomic E-state index is 0.122. The molecule has 4 heteroatoms. The summed E-state index contributed by atoms with van der Waals surface area (Å²) in [6.07, 6.45) is 9.27. The molecule has 0 saturated heterocycles. The summed E-state index contributed by atoms with van der Waals surface area (Å²) in [7, 11) is 17.4. The van der Waals surface area contributed by atoms with Crippen LogP contribution in [0.25, 0.3) is 34.4 Å². The molecule has 0 fully saturated rings. The summed E-state index contributed by atoms with van der Waals surface area (Å²) in [6.45, 7) is 18.5. The predicted molar refractivity (Wildman–Crippen MR) is 205 cm³/mol. The fourth-order valence-corrected chi connectivity index (χ4v) is 40.1. The molecule has 0 saturated carbocycles. The molecule has 6 rings (SSSR count). The first-order valence-corrected chi connectivity index (χ1v) is 33.6. The molecule has 0 radical (unpaired) electrons. The summed E-state index contributed by atoms with van der Waals surface area (Å²) < 4.78 is 0.244. The first-order chi connectivity index (χ1) is 21.9. The van der Waals surface area contributed by atoms with Crippen LogP contribution in [-0.4, -0.2) is 5.92 Å². The molecule has 0 spiro atoms. The Labute approximate surface area is 286 Å². The van der Waals surface area contributed by atoms with E-state index in [1.165, 1.54) is 77.9 Å². The molecule has 0 N–H and O–H groups in total. The standard InChI is InChI=1S/2C20H21.C2H7Si.2ClH.Zr/c2*1-4-7-16-12-17-9-6-11-19(20(17)13-16)18-10-5-8-14(2)15(18)3;1-3-2;;;/h2*5-6,8-13H,4,7H2,1-3H3;3H,1-2H3;2*1H;/q;;;;;+2/p-2. The first kappa shape index (κ1) is 33.9. The van der Waals surface area contributed by atoms with Gasteiger partial charge in [-0.1, -0.05) is 0 Å². The van der Waals surface area contributed by atoms with Crippen molar-refractivity contribution >= 4 is 35.1 Å². The number of allylic oxidation sites excluding steroid dienone is 2. The van der Waals surface area contributed by atoms with Gasteiger partial charge in [-0.25, -0.2) is 0 Å². The molecule has 4 aromatic rings. The Morgan fingerprint density at radius 1 is 0.565 bits per heavy atom. The van der Waals surface area contributed by atoms with Gasteiger partial charge in [0, 0.05) is 0 Å². The van der Waals surface area contributed by atoms with Crippen LogP contribution < -0.4 is 0 Å². The Bertz CT molecular complexity index is 1770. The van der Waals surface area contributed by atoms with Crippen LogP contribution in [0.3, 0.4) is 0 Å². The third kappa shape index (κ3) is 5.26. The van der Waals surface area contributed by atoms with Gasteiger partial charge in [-0.15, -0.1) is 0 Å². The molecule has 2 aliphatic rings. The van der Waals surface area contributed by atoms with E-state index < -0.39 is 21.5 Å². The van der Waals surface area contributed by atoms with Crippen molar-refractivity contribution in [2.24, 2.45) is 0 Å². The molecule has 0 amide bonds. The second-order valence-corrected chi connectivity index (χ2v) is 56.8.